The lowest BCUT2D eigenvalue weighted by molar-refractivity contribution is 0.148. The van der Waals surface area contributed by atoms with Crippen molar-refractivity contribution in [3.8, 4) is 0 Å². The Kier molecular flexibility index (Phi) is 4.36. The van der Waals surface area contributed by atoms with E-state index in [2.05, 4.69) is 24.2 Å². The molecule has 18 heavy (non-hydrogen) atoms. The van der Waals surface area contributed by atoms with Gasteiger partial charge in [-0.25, -0.2) is 4.39 Å². The van der Waals surface area contributed by atoms with Gasteiger partial charge in [0, 0.05) is 19.6 Å². The van der Waals surface area contributed by atoms with Crippen molar-refractivity contribution in [1.82, 2.24) is 10.2 Å². The number of rotatable bonds is 4. The molecule has 3 heteroatoms. The molecule has 1 N–H and O–H groups in total. The first-order valence-corrected chi connectivity index (χ1v) is 6.71. The molecule has 0 radical (unpaired) electrons. The van der Waals surface area contributed by atoms with E-state index in [0.29, 0.717) is 5.41 Å². The molecule has 100 valence electrons. The molecule has 0 saturated carbocycles. The maximum atomic E-state index is 13.1. The highest BCUT2D eigenvalue weighted by atomic mass is 19.1. The van der Waals surface area contributed by atoms with E-state index in [9.17, 15) is 4.39 Å². The van der Waals surface area contributed by atoms with Gasteiger partial charge in [-0.3, -0.25) is 0 Å². The third-order valence-electron chi connectivity index (χ3n) is 3.68. The monoisotopic (exact) mass is 250 g/mol. The van der Waals surface area contributed by atoms with Crippen LogP contribution >= 0.6 is 0 Å². The van der Waals surface area contributed by atoms with Crippen molar-refractivity contribution in [3.05, 3.63) is 35.6 Å². The summed E-state index contributed by atoms with van der Waals surface area (Å²) in [7, 11) is 2.12. The first-order valence-electron chi connectivity index (χ1n) is 6.71. The second-order valence-electron chi connectivity index (χ2n) is 5.89. The van der Waals surface area contributed by atoms with Crippen LogP contribution in [0, 0.1) is 11.2 Å². The second kappa shape index (κ2) is 5.81. The highest BCUT2D eigenvalue weighted by Crippen LogP contribution is 2.26. The summed E-state index contributed by atoms with van der Waals surface area (Å²) in [4.78, 5) is 2.29. The molecule has 1 aromatic rings. The summed E-state index contributed by atoms with van der Waals surface area (Å²) in [5.74, 6) is -0.147. The van der Waals surface area contributed by atoms with Gasteiger partial charge in [0.15, 0.2) is 0 Å². The predicted octanol–water partition coefficient (Wildman–Crippen LogP) is 2.65. The van der Waals surface area contributed by atoms with Gasteiger partial charge in [0.2, 0.25) is 0 Å². The van der Waals surface area contributed by atoms with Crippen LogP contribution in [0.3, 0.4) is 0 Å². The molecule has 2 nitrogen and oxygen atoms in total. The van der Waals surface area contributed by atoms with Crippen LogP contribution in [0.25, 0.3) is 0 Å². The molecule has 1 unspecified atom stereocenters. The fourth-order valence-corrected chi connectivity index (χ4v) is 2.91. The van der Waals surface area contributed by atoms with E-state index >= 15 is 0 Å². The van der Waals surface area contributed by atoms with Crippen LogP contribution in [-0.2, 0) is 6.54 Å². The molecule has 1 atom stereocenters. The molecule has 0 bridgehead atoms. The summed E-state index contributed by atoms with van der Waals surface area (Å²) >= 11 is 0. The van der Waals surface area contributed by atoms with Gasteiger partial charge in [0.05, 0.1) is 0 Å². The summed E-state index contributed by atoms with van der Waals surface area (Å²) in [6, 6.07) is 6.89. The fraction of sp³-hybridized carbons (Fsp3) is 0.600. The molecule has 1 aliphatic rings. The number of piperidine rings is 1. The van der Waals surface area contributed by atoms with Gasteiger partial charge in [-0.15, -0.1) is 0 Å². The maximum Gasteiger partial charge on any atom is 0.123 e. The van der Waals surface area contributed by atoms with Gasteiger partial charge in [-0.1, -0.05) is 19.1 Å². The van der Waals surface area contributed by atoms with Crippen molar-refractivity contribution in [1.29, 1.82) is 0 Å². The number of hydrogen-bond donors (Lipinski definition) is 1. The Morgan fingerprint density at radius 3 is 2.94 bits per heavy atom. The molecule has 1 saturated heterocycles. The molecular formula is C15H23FN2. The summed E-state index contributed by atoms with van der Waals surface area (Å²) in [5, 5.41) is 3.47. The number of hydrogen-bond acceptors (Lipinski definition) is 2. The number of halogens is 1. The lowest BCUT2D eigenvalue weighted by Gasteiger charge is -2.37. The maximum absolute atomic E-state index is 13.1. The zero-order valence-electron chi connectivity index (χ0n) is 11.4. The first-order chi connectivity index (χ1) is 8.57. The van der Waals surface area contributed by atoms with Crippen LogP contribution in [-0.4, -0.2) is 31.6 Å². The number of benzene rings is 1. The zero-order valence-corrected chi connectivity index (χ0v) is 11.4. The third-order valence-corrected chi connectivity index (χ3v) is 3.68. The summed E-state index contributed by atoms with van der Waals surface area (Å²) in [5.41, 5.74) is 1.39. The fourth-order valence-electron chi connectivity index (χ4n) is 2.91. The summed E-state index contributed by atoms with van der Waals surface area (Å²) in [6.45, 7) is 6.43. The molecule has 0 spiro atoms. The number of nitrogens with zero attached hydrogens (tertiary/aromatic N) is 1. The van der Waals surface area contributed by atoms with Gasteiger partial charge < -0.3 is 10.2 Å². The molecule has 1 aromatic carbocycles. The Bertz CT molecular complexity index is 386. The van der Waals surface area contributed by atoms with Crippen LogP contribution in [0.15, 0.2) is 24.3 Å². The van der Waals surface area contributed by atoms with Crippen LogP contribution in [0.1, 0.15) is 25.3 Å². The largest absolute Gasteiger partial charge is 0.316 e. The van der Waals surface area contributed by atoms with E-state index in [-0.39, 0.29) is 5.82 Å². The van der Waals surface area contributed by atoms with Gasteiger partial charge in [-0.2, -0.15) is 0 Å². The van der Waals surface area contributed by atoms with Gasteiger partial charge in [0.1, 0.15) is 5.82 Å². The Hall–Kier alpha value is -0.930. The van der Waals surface area contributed by atoms with Crippen molar-refractivity contribution in [2.24, 2.45) is 5.41 Å². The smallest absolute Gasteiger partial charge is 0.123 e. The van der Waals surface area contributed by atoms with Crippen LogP contribution in [0.5, 0.6) is 0 Å². The molecule has 2 rings (SSSR count). The average Bonchev–Trinajstić information content (AvgIpc) is 2.28. The molecule has 0 aliphatic carbocycles. The predicted molar refractivity (Wildman–Crippen MR) is 72.9 cm³/mol. The number of nitrogens with one attached hydrogen (secondary N) is 1. The quantitative estimate of drug-likeness (QED) is 0.884. The van der Waals surface area contributed by atoms with E-state index in [0.717, 1.165) is 31.7 Å². The van der Waals surface area contributed by atoms with Crippen LogP contribution in [0.4, 0.5) is 4.39 Å². The lowest BCUT2D eigenvalue weighted by atomic mass is 9.82. The molecule has 1 heterocycles. The van der Waals surface area contributed by atoms with Crippen molar-refractivity contribution in [3.63, 3.8) is 0 Å². The van der Waals surface area contributed by atoms with E-state index in [1.165, 1.54) is 18.9 Å². The SMILES string of the molecule is CN(Cc1cccc(F)c1)CC1(C)CCCNC1. The van der Waals surface area contributed by atoms with Crippen LogP contribution in [0.2, 0.25) is 0 Å². The van der Waals surface area contributed by atoms with E-state index in [1.54, 1.807) is 12.1 Å². The Morgan fingerprint density at radius 2 is 2.28 bits per heavy atom. The normalized spacial score (nSPS) is 24.4. The Labute approximate surface area is 109 Å². The molecular weight excluding hydrogens is 227 g/mol. The van der Waals surface area contributed by atoms with Crippen molar-refractivity contribution in [2.45, 2.75) is 26.3 Å². The minimum absolute atomic E-state index is 0.147. The minimum Gasteiger partial charge on any atom is -0.316 e. The first kappa shape index (κ1) is 13.5. The second-order valence-corrected chi connectivity index (χ2v) is 5.89. The van der Waals surface area contributed by atoms with E-state index in [1.807, 2.05) is 6.07 Å². The Balaban J connectivity index is 1.90. The van der Waals surface area contributed by atoms with E-state index < -0.39 is 0 Å². The van der Waals surface area contributed by atoms with E-state index in [4.69, 9.17) is 0 Å². The molecule has 0 amide bonds. The topological polar surface area (TPSA) is 15.3 Å². The zero-order chi connectivity index (χ0) is 13.0. The summed E-state index contributed by atoms with van der Waals surface area (Å²) in [6.07, 6.45) is 2.53. The highest BCUT2D eigenvalue weighted by Gasteiger charge is 2.27. The Morgan fingerprint density at radius 1 is 1.44 bits per heavy atom. The van der Waals surface area contributed by atoms with Crippen molar-refractivity contribution >= 4 is 0 Å². The van der Waals surface area contributed by atoms with Gasteiger partial charge in [0.25, 0.3) is 0 Å². The third kappa shape index (κ3) is 3.79. The highest BCUT2D eigenvalue weighted by molar-refractivity contribution is 5.16. The van der Waals surface area contributed by atoms with Crippen molar-refractivity contribution < 1.29 is 4.39 Å². The van der Waals surface area contributed by atoms with Gasteiger partial charge >= 0.3 is 0 Å². The standard InChI is InChI=1S/C15H23FN2/c1-15(7-4-8-17-11-15)12-18(2)10-13-5-3-6-14(16)9-13/h3,5-6,9,17H,4,7-8,10-12H2,1-2H3. The summed E-state index contributed by atoms with van der Waals surface area (Å²) < 4.78 is 13.1. The average molecular weight is 250 g/mol. The van der Waals surface area contributed by atoms with Crippen LogP contribution < -0.4 is 5.32 Å². The van der Waals surface area contributed by atoms with Crippen molar-refractivity contribution in [2.75, 3.05) is 26.7 Å². The minimum atomic E-state index is -0.147. The van der Waals surface area contributed by atoms with Gasteiger partial charge in [-0.05, 0) is 49.5 Å². The lowest BCUT2D eigenvalue weighted by Crippen LogP contribution is -2.44. The molecule has 0 aromatic heterocycles. The molecule has 1 fully saturated rings. The molecule has 1 aliphatic heterocycles.